The van der Waals surface area contributed by atoms with Crippen molar-refractivity contribution in [1.29, 1.82) is 5.41 Å². The summed E-state index contributed by atoms with van der Waals surface area (Å²) in [5.41, 5.74) is -2.52. The molecule has 0 spiro atoms. The summed E-state index contributed by atoms with van der Waals surface area (Å²) in [7, 11) is 0. The highest BCUT2D eigenvalue weighted by molar-refractivity contribution is 6.01. The number of carboxylic acid groups (broad SMARTS) is 1. The third-order valence-corrected chi connectivity index (χ3v) is 8.49. The molecule has 5 rings (SSSR count). The van der Waals surface area contributed by atoms with Crippen LogP contribution in [0.15, 0.2) is 30.5 Å². The number of carboxylic acids is 1. The van der Waals surface area contributed by atoms with E-state index in [2.05, 4.69) is 20.2 Å². The van der Waals surface area contributed by atoms with Crippen molar-refractivity contribution in [2.24, 2.45) is 11.8 Å². The molecule has 9 nitrogen and oxygen atoms in total. The number of carbonyl (C=O) groups is 1. The number of aromatic nitrogens is 3. The van der Waals surface area contributed by atoms with Crippen LogP contribution in [0.1, 0.15) is 97.2 Å². The Morgan fingerprint density at radius 1 is 0.880 bits per heavy atom. The Kier molecular flexibility index (Phi) is 10.1. The van der Waals surface area contributed by atoms with Gasteiger partial charge in [0.05, 0.1) is 22.4 Å². The molecule has 2 saturated carbocycles. The van der Waals surface area contributed by atoms with Crippen LogP contribution in [0.2, 0.25) is 0 Å². The first-order chi connectivity index (χ1) is 23.2. The van der Waals surface area contributed by atoms with E-state index in [1.165, 1.54) is 11.8 Å². The molecule has 1 aromatic carbocycles. The lowest BCUT2D eigenvalue weighted by atomic mass is 10.0. The molecule has 0 radical (unpaired) electrons. The number of benzene rings is 1. The second-order valence-corrected chi connectivity index (χ2v) is 14.4. The fourth-order valence-electron chi connectivity index (χ4n) is 5.69. The Morgan fingerprint density at radius 3 is 1.88 bits per heavy atom. The molecule has 0 bridgehead atoms. The van der Waals surface area contributed by atoms with E-state index in [1.54, 1.807) is 13.0 Å². The van der Waals surface area contributed by atoms with Gasteiger partial charge in [-0.05, 0) is 102 Å². The molecule has 3 N–H and O–H groups in total. The summed E-state index contributed by atoms with van der Waals surface area (Å²) in [6.07, 6.45) is -4.78. The number of nitrogens with zero attached hydrogens (tertiary/aromatic N) is 5. The van der Waals surface area contributed by atoms with E-state index >= 15 is 0 Å². The van der Waals surface area contributed by atoms with Crippen LogP contribution < -0.4 is 15.1 Å². The zero-order valence-corrected chi connectivity index (χ0v) is 28.6. The first-order valence-electron chi connectivity index (χ1n) is 16.4. The van der Waals surface area contributed by atoms with Crippen LogP contribution in [0.5, 0.6) is 0 Å². The summed E-state index contributed by atoms with van der Waals surface area (Å²) in [6.45, 7) is 9.77. The Morgan fingerprint density at radius 2 is 1.44 bits per heavy atom. The van der Waals surface area contributed by atoms with Gasteiger partial charge in [-0.1, -0.05) is 0 Å². The van der Waals surface area contributed by atoms with E-state index in [1.807, 2.05) is 20.8 Å². The molecule has 0 atom stereocenters. The molecule has 0 unspecified atom stereocenters. The first kappa shape index (κ1) is 36.8. The minimum absolute atomic E-state index is 0.0655. The van der Waals surface area contributed by atoms with Crippen LogP contribution in [0.4, 0.5) is 43.9 Å². The smallest absolute Gasteiger partial charge is 0.416 e. The second-order valence-electron chi connectivity index (χ2n) is 14.4. The molecule has 3 aromatic rings. The zero-order chi connectivity index (χ0) is 36.8. The fraction of sp³-hybridized carbons (Fsp3) is 0.514. The van der Waals surface area contributed by atoms with E-state index in [9.17, 15) is 36.2 Å². The summed E-state index contributed by atoms with van der Waals surface area (Å²) >= 11 is 0. The predicted octanol–water partition coefficient (Wildman–Crippen LogP) is 8.35. The van der Waals surface area contributed by atoms with Gasteiger partial charge < -0.3 is 25.6 Å². The molecule has 2 aliphatic carbocycles. The quantitative estimate of drug-likeness (QED) is 0.120. The molecule has 15 heteroatoms. The number of anilines is 3. The highest BCUT2D eigenvalue weighted by Gasteiger charge is 2.38. The third-order valence-electron chi connectivity index (χ3n) is 8.49. The largest absolute Gasteiger partial charge is 0.478 e. The molecule has 0 amide bonds. The molecule has 2 fully saturated rings. The summed E-state index contributed by atoms with van der Waals surface area (Å²) in [5, 5.41) is 21.6. The standard InChI is InChI=1S/C35H41F6N7O2/c1-19(42)27-12-24(30(45-29(27)46-33(3,4)5)47(15-21-6-7-21)16-22-8-9-22)18-48(32-43-14-28(31(49)50)20(2)44-32)17-23-10-25(34(36,37)38)13-26(11-23)35(39,40)41/h10-14,21-22,42H,6-9,15-18H2,1-5H3,(H,45,46)(H,49,50). The topological polar surface area (TPSA) is 118 Å². The van der Waals surface area contributed by atoms with E-state index in [0.29, 0.717) is 46.7 Å². The lowest BCUT2D eigenvalue weighted by molar-refractivity contribution is -0.143. The van der Waals surface area contributed by atoms with Gasteiger partial charge in [-0.2, -0.15) is 26.3 Å². The van der Waals surface area contributed by atoms with Crippen LogP contribution in [0, 0.1) is 24.2 Å². The molecular weight excluding hydrogens is 664 g/mol. The van der Waals surface area contributed by atoms with E-state index in [0.717, 1.165) is 45.0 Å². The number of aromatic carboxylic acids is 1. The first-order valence-corrected chi connectivity index (χ1v) is 16.4. The molecule has 2 aliphatic rings. The van der Waals surface area contributed by atoms with Crippen molar-refractivity contribution in [3.63, 3.8) is 0 Å². The van der Waals surface area contributed by atoms with Crippen LogP contribution in [0.3, 0.4) is 0 Å². The van der Waals surface area contributed by atoms with Crippen LogP contribution in [0.25, 0.3) is 0 Å². The summed E-state index contributed by atoms with van der Waals surface area (Å²) in [4.78, 5) is 29.0. The van der Waals surface area contributed by atoms with Crippen LogP contribution in [-0.4, -0.2) is 50.4 Å². The maximum atomic E-state index is 13.9. The van der Waals surface area contributed by atoms with Crippen molar-refractivity contribution >= 4 is 29.3 Å². The van der Waals surface area contributed by atoms with Crippen LogP contribution in [-0.2, 0) is 25.4 Å². The summed E-state index contributed by atoms with van der Waals surface area (Å²) in [5.74, 6) is 0.613. The number of rotatable bonds is 13. The van der Waals surface area contributed by atoms with Gasteiger partial charge >= 0.3 is 18.3 Å². The monoisotopic (exact) mass is 705 g/mol. The van der Waals surface area contributed by atoms with Gasteiger partial charge in [0.2, 0.25) is 5.95 Å². The molecule has 2 heterocycles. The Hall–Kier alpha value is -4.43. The van der Waals surface area contributed by atoms with Crippen molar-refractivity contribution in [2.75, 3.05) is 28.2 Å². The Bertz CT molecular complexity index is 1720. The number of halogens is 6. The summed E-state index contributed by atoms with van der Waals surface area (Å²) in [6, 6.07) is 3.18. The van der Waals surface area contributed by atoms with E-state index in [-0.39, 0.29) is 41.1 Å². The van der Waals surface area contributed by atoms with E-state index in [4.69, 9.17) is 10.4 Å². The van der Waals surface area contributed by atoms with Gasteiger partial charge in [0.15, 0.2) is 0 Å². The number of pyridine rings is 1. The van der Waals surface area contributed by atoms with Crippen molar-refractivity contribution in [2.45, 2.75) is 91.3 Å². The number of aryl methyl sites for hydroxylation is 1. The molecule has 50 heavy (non-hydrogen) atoms. The number of nitrogens with one attached hydrogen (secondary N) is 2. The normalized spacial score (nSPS) is 15.2. The SMILES string of the molecule is CC(=N)c1cc(CN(Cc2cc(C(F)(F)F)cc(C(F)(F)F)c2)c2ncc(C(=O)O)c(C)n2)c(N(CC2CC2)CC2CC2)nc1NC(C)(C)C. The highest BCUT2D eigenvalue weighted by atomic mass is 19.4. The third kappa shape index (κ3) is 9.42. The van der Waals surface area contributed by atoms with Crippen LogP contribution >= 0.6 is 0 Å². The average Bonchev–Trinajstić information content (AvgIpc) is 3.92. The number of hydrogen-bond donors (Lipinski definition) is 3. The zero-order valence-electron chi connectivity index (χ0n) is 28.6. The number of hydrogen-bond acceptors (Lipinski definition) is 8. The van der Waals surface area contributed by atoms with Crippen molar-refractivity contribution in [3.05, 3.63) is 69.5 Å². The Balaban J connectivity index is 1.68. The van der Waals surface area contributed by atoms with Gasteiger partial charge in [-0.15, -0.1) is 0 Å². The fourth-order valence-corrected chi connectivity index (χ4v) is 5.69. The molecule has 0 aliphatic heterocycles. The maximum absolute atomic E-state index is 13.9. The molecular formula is C35H41F6N7O2. The van der Waals surface area contributed by atoms with Crippen molar-refractivity contribution in [3.8, 4) is 0 Å². The Labute approximate surface area is 286 Å². The minimum Gasteiger partial charge on any atom is -0.478 e. The average molecular weight is 706 g/mol. The molecule has 0 saturated heterocycles. The summed E-state index contributed by atoms with van der Waals surface area (Å²) < 4.78 is 83.1. The van der Waals surface area contributed by atoms with Gasteiger partial charge in [0.1, 0.15) is 11.6 Å². The van der Waals surface area contributed by atoms with Crippen molar-refractivity contribution in [1.82, 2.24) is 15.0 Å². The second kappa shape index (κ2) is 13.7. The van der Waals surface area contributed by atoms with E-state index < -0.39 is 41.5 Å². The van der Waals surface area contributed by atoms with Gasteiger partial charge in [0, 0.05) is 54.8 Å². The minimum atomic E-state index is -5.05. The maximum Gasteiger partial charge on any atom is 0.416 e. The predicted molar refractivity (Wildman–Crippen MR) is 178 cm³/mol. The van der Waals surface area contributed by atoms with Gasteiger partial charge in [-0.25, -0.2) is 19.7 Å². The molecule has 270 valence electrons. The van der Waals surface area contributed by atoms with Gasteiger partial charge in [-0.3, -0.25) is 0 Å². The highest BCUT2D eigenvalue weighted by Crippen LogP contribution is 2.39. The molecule has 2 aromatic heterocycles. The van der Waals surface area contributed by atoms with Crippen molar-refractivity contribution < 1.29 is 36.2 Å². The van der Waals surface area contributed by atoms with Gasteiger partial charge in [0.25, 0.3) is 0 Å². The lowest BCUT2D eigenvalue weighted by Gasteiger charge is -2.32. The number of alkyl halides is 6. The lowest BCUT2D eigenvalue weighted by Crippen LogP contribution is -2.34.